The smallest absolute Gasteiger partial charge is 0.244 e. The summed E-state index contributed by atoms with van der Waals surface area (Å²) in [6, 6.07) is 8.02. The molecule has 8 heteroatoms. The van der Waals surface area contributed by atoms with Crippen LogP contribution in [0.25, 0.3) is 0 Å². The van der Waals surface area contributed by atoms with Crippen molar-refractivity contribution in [3.8, 4) is 0 Å². The van der Waals surface area contributed by atoms with Crippen LogP contribution >= 0.6 is 31.9 Å². The first-order valence-corrected chi connectivity index (χ1v) is 8.59. The van der Waals surface area contributed by atoms with E-state index in [1.54, 1.807) is 24.3 Å². The molecule has 0 saturated heterocycles. The Bertz CT molecular complexity index is 728. The van der Waals surface area contributed by atoms with Crippen LogP contribution in [0.5, 0.6) is 0 Å². The first-order chi connectivity index (χ1) is 9.30. The molecule has 0 unspecified atom stereocenters. The lowest BCUT2D eigenvalue weighted by Crippen LogP contribution is -2.26. The molecule has 0 amide bonds. The number of nitrogen functional groups attached to an aromatic ring is 1. The Morgan fingerprint density at radius 3 is 2.50 bits per heavy atom. The van der Waals surface area contributed by atoms with Gasteiger partial charge in [0.05, 0.1) is 11.4 Å². The lowest BCUT2D eigenvalue weighted by Gasteiger charge is -2.17. The summed E-state index contributed by atoms with van der Waals surface area (Å²) in [5, 5.41) is 0. The summed E-state index contributed by atoms with van der Waals surface area (Å²) < 4.78 is 32.5. The molecule has 2 aromatic rings. The number of hydrogen-bond donors (Lipinski definition) is 1. The zero-order chi connectivity index (χ0) is 14.9. The Hall–Kier alpha value is -0.830. The molecule has 1 aromatic carbocycles. The summed E-state index contributed by atoms with van der Waals surface area (Å²) in [6.45, 7) is 0.144. The van der Waals surface area contributed by atoms with Crippen LogP contribution in [0.4, 0.5) is 5.69 Å². The maximum absolute atomic E-state index is 12.5. The van der Waals surface area contributed by atoms with E-state index in [1.165, 1.54) is 17.4 Å². The van der Waals surface area contributed by atoms with Crippen molar-refractivity contribution in [3.05, 3.63) is 45.2 Å². The van der Waals surface area contributed by atoms with Crippen LogP contribution in [-0.4, -0.2) is 19.8 Å². The van der Waals surface area contributed by atoms with Crippen LogP contribution in [0.2, 0.25) is 0 Å². The highest BCUT2D eigenvalue weighted by atomic mass is 79.9. The van der Waals surface area contributed by atoms with Crippen molar-refractivity contribution in [2.24, 2.45) is 0 Å². The van der Waals surface area contributed by atoms with Crippen molar-refractivity contribution in [2.75, 3.05) is 12.8 Å². The Morgan fingerprint density at radius 1 is 1.25 bits per heavy atom. The summed E-state index contributed by atoms with van der Waals surface area (Å²) in [5.41, 5.74) is 6.11. The minimum Gasteiger partial charge on any atom is -0.453 e. The highest BCUT2D eigenvalue weighted by Crippen LogP contribution is 2.27. The van der Waals surface area contributed by atoms with Gasteiger partial charge in [0.2, 0.25) is 10.0 Å². The highest BCUT2D eigenvalue weighted by molar-refractivity contribution is 9.10. The average molecular weight is 424 g/mol. The third-order valence-electron chi connectivity index (χ3n) is 2.65. The van der Waals surface area contributed by atoms with Gasteiger partial charge in [-0.25, -0.2) is 8.42 Å². The van der Waals surface area contributed by atoms with Gasteiger partial charge in [-0.1, -0.05) is 0 Å². The third-order valence-corrected chi connectivity index (χ3v) is 5.86. The molecule has 1 heterocycles. The summed E-state index contributed by atoms with van der Waals surface area (Å²) in [6.07, 6.45) is 0. The Labute approximate surface area is 134 Å². The van der Waals surface area contributed by atoms with Crippen LogP contribution in [0.1, 0.15) is 5.76 Å². The number of nitrogens with two attached hydrogens (primary N) is 1. The van der Waals surface area contributed by atoms with E-state index in [0.29, 0.717) is 20.6 Å². The first kappa shape index (κ1) is 15.6. The molecular formula is C12H12Br2N2O3S. The Balaban J connectivity index is 2.29. The van der Waals surface area contributed by atoms with Gasteiger partial charge in [0.25, 0.3) is 0 Å². The quantitative estimate of drug-likeness (QED) is 0.766. The maximum Gasteiger partial charge on any atom is 0.244 e. The molecule has 0 aliphatic rings. The lowest BCUT2D eigenvalue weighted by atomic mass is 10.3. The zero-order valence-corrected chi connectivity index (χ0v) is 14.5. The number of rotatable bonds is 4. The molecule has 0 spiro atoms. The summed E-state index contributed by atoms with van der Waals surface area (Å²) in [5.74, 6) is 0.550. The fraction of sp³-hybridized carbons (Fsp3) is 0.167. The molecule has 0 radical (unpaired) electrons. The van der Waals surface area contributed by atoms with Crippen molar-refractivity contribution < 1.29 is 12.8 Å². The predicted octanol–water partition coefficient (Wildman–Crippen LogP) is 3.21. The van der Waals surface area contributed by atoms with E-state index in [9.17, 15) is 8.42 Å². The monoisotopic (exact) mass is 422 g/mol. The number of anilines is 1. The SMILES string of the molecule is CN(Cc1ccc(Br)o1)S(=O)(=O)c1ccc(N)cc1Br. The average Bonchev–Trinajstić information content (AvgIpc) is 2.74. The van der Waals surface area contributed by atoms with Gasteiger partial charge in [0.1, 0.15) is 5.76 Å². The van der Waals surface area contributed by atoms with Crippen molar-refractivity contribution >= 4 is 47.6 Å². The molecule has 5 nitrogen and oxygen atoms in total. The van der Waals surface area contributed by atoms with E-state index in [-0.39, 0.29) is 11.4 Å². The molecule has 0 aliphatic carbocycles. The second-order valence-electron chi connectivity index (χ2n) is 4.16. The van der Waals surface area contributed by atoms with Gasteiger partial charge in [-0.2, -0.15) is 4.31 Å². The minimum absolute atomic E-state index is 0.144. The van der Waals surface area contributed by atoms with Crippen molar-refractivity contribution in [1.82, 2.24) is 4.31 Å². The lowest BCUT2D eigenvalue weighted by molar-refractivity contribution is 0.398. The van der Waals surface area contributed by atoms with Gasteiger partial charge >= 0.3 is 0 Å². The van der Waals surface area contributed by atoms with E-state index in [4.69, 9.17) is 10.2 Å². The van der Waals surface area contributed by atoms with Gasteiger partial charge < -0.3 is 10.2 Å². The van der Waals surface area contributed by atoms with Gasteiger partial charge in [-0.3, -0.25) is 0 Å². The number of sulfonamides is 1. The van der Waals surface area contributed by atoms with Crippen molar-refractivity contribution in [1.29, 1.82) is 0 Å². The zero-order valence-electron chi connectivity index (χ0n) is 10.5. The molecule has 0 fully saturated rings. The van der Waals surface area contributed by atoms with Crippen LogP contribution in [0.15, 0.2) is 48.8 Å². The predicted molar refractivity (Wildman–Crippen MR) is 83.6 cm³/mol. The molecule has 0 bridgehead atoms. The number of benzene rings is 1. The third kappa shape index (κ3) is 3.25. The second kappa shape index (κ2) is 5.88. The Kier molecular flexibility index (Phi) is 4.58. The molecule has 1 aromatic heterocycles. The summed E-state index contributed by atoms with van der Waals surface area (Å²) in [4.78, 5) is 0.167. The standard InChI is InChI=1S/C12H12Br2N2O3S/c1-16(7-9-3-5-12(14)19-9)20(17,18)11-4-2-8(15)6-10(11)13/h2-6H,7,15H2,1H3. The fourth-order valence-corrected chi connectivity index (χ4v) is 4.16. The molecule has 0 atom stereocenters. The summed E-state index contributed by atoms with van der Waals surface area (Å²) >= 11 is 6.40. The van der Waals surface area contributed by atoms with Crippen LogP contribution in [-0.2, 0) is 16.6 Å². The minimum atomic E-state index is -3.62. The molecule has 20 heavy (non-hydrogen) atoms. The molecule has 0 aliphatic heterocycles. The topological polar surface area (TPSA) is 76.5 Å². The van der Waals surface area contributed by atoms with E-state index in [2.05, 4.69) is 31.9 Å². The highest BCUT2D eigenvalue weighted by Gasteiger charge is 2.24. The van der Waals surface area contributed by atoms with Crippen LogP contribution < -0.4 is 5.73 Å². The van der Waals surface area contributed by atoms with Crippen molar-refractivity contribution in [2.45, 2.75) is 11.4 Å². The molecule has 2 rings (SSSR count). The van der Waals surface area contributed by atoms with E-state index < -0.39 is 10.0 Å². The van der Waals surface area contributed by atoms with Gasteiger partial charge in [-0.15, -0.1) is 0 Å². The maximum atomic E-state index is 12.5. The second-order valence-corrected chi connectivity index (χ2v) is 7.81. The number of hydrogen-bond acceptors (Lipinski definition) is 4. The van der Waals surface area contributed by atoms with E-state index >= 15 is 0 Å². The Morgan fingerprint density at radius 2 is 1.95 bits per heavy atom. The van der Waals surface area contributed by atoms with E-state index in [0.717, 1.165) is 0 Å². The summed E-state index contributed by atoms with van der Waals surface area (Å²) in [7, 11) is -2.13. The number of furan rings is 1. The molecular weight excluding hydrogens is 412 g/mol. The number of nitrogens with zero attached hydrogens (tertiary/aromatic N) is 1. The largest absolute Gasteiger partial charge is 0.453 e. The van der Waals surface area contributed by atoms with E-state index in [1.807, 2.05) is 0 Å². The van der Waals surface area contributed by atoms with Crippen LogP contribution in [0, 0.1) is 0 Å². The molecule has 2 N–H and O–H groups in total. The number of halogens is 2. The molecule has 0 saturated carbocycles. The van der Waals surface area contributed by atoms with Gasteiger partial charge in [0, 0.05) is 17.2 Å². The fourth-order valence-electron chi connectivity index (χ4n) is 1.64. The van der Waals surface area contributed by atoms with Gasteiger partial charge in [0.15, 0.2) is 4.67 Å². The van der Waals surface area contributed by atoms with Crippen LogP contribution in [0.3, 0.4) is 0 Å². The normalized spacial score (nSPS) is 12.0. The molecule has 108 valence electrons. The first-order valence-electron chi connectivity index (χ1n) is 5.56. The van der Waals surface area contributed by atoms with Gasteiger partial charge in [-0.05, 0) is 62.2 Å². The van der Waals surface area contributed by atoms with Crippen molar-refractivity contribution in [3.63, 3.8) is 0 Å².